The lowest BCUT2D eigenvalue weighted by Gasteiger charge is -2.30. The Balaban J connectivity index is 2.14. The average molecular weight is 290 g/mol. The molecule has 0 aromatic heterocycles. The molecule has 0 amide bonds. The lowest BCUT2D eigenvalue weighted by atomic mass is 10.2. The first kappa shape index (κ1) is 13.8. The van der Waals surface area contributed by atoms with Crippen molar-refractivity contribution in [2.24, 2.45) is 0 Å². The summed E-state index contributed by atoms with van der Waals surface area (Å²) in [6.07, 6.45) is -0.0558. The van der Waals surface area contributed by atoms with E-state index in [9.17, 15) is 8.42 Å². The van der Waals surface area contributed by atoms with Gasteiger partial charge in [-0.25, -0.2) is 8.42 Å². The van der Waals surface area contributed by atoms with Crippen molar-refractivity contribution in [1.82, 2.24) is 4.31 Å². The van der Waals surface area contributed by atoms with Gasteiger partial charge in [-0.1, -0.05) is 29.8 Å². The summed E-state index contributed by atoms with van der Waals surface area (Å²) in [6.45, 7) is 3.14. The summed E-state index contributed by atoms with van der Waals surface area (Å²) < 4.78 is 31.4. The molecule has 6 heteroatoms. The second kappa shape index (κ2) is 5.57. The first-order chi connectivity index (χ1) is 8.49. The predicted octanol–water partition coefficient (Wildman–Crippen LogP) is 1.89. The molecular formula is C12H16ClNO3S. The number of benzene rings is 1. The highest BCUT2D eigenvalue weighted by atomic mass is 35.5. The number of nitrogens with zero attached hydrogens (tertiary/aromatic N) is 1. The lowest BCUT2D eigenvalue weighted by Crippen LogP contribution is -2.44. The van der Waals surface area contributed by atoms with Crippen molar-refractivity contribution < 1.29 is 13.2 Å². The maximum atomic E-state index is 12.3. The Labute approximate surface area is 113 Å². The Hall–Kier alpha value is -0.620. The predicted molar refractivity (Wildman–Crippen MR) is 71.1 cm³/mol. The van der Waals surface area contributed by atoms with E-state index in [2.05, 4.69) is 0 Å². The molecule has 1 heterocycles. The molecule has 0 saturated carbocycles. The normalized spacial score (nSPS) is 22.0. The number of halogens is 1. The van der Waals surface area contributed by atoms with Gasteiger partial charge in [0.25, 0.3) is 0 Å². The first-order valence-electron chi connectivity index (χ1n) is 5.82. The number of hydrogen-bond donors (Lipinski definition) is 0. The Morgan fingerprint density at radius 2 is 2.17 bits per heavy atom. The van der Waals surface area contributed by atoms with Gasteiger partial charge in [0.15, 0.2) is 0 Å². The minimum atomic E-state index is -3.32. The molecule has 1 aliphatic heterocycles. The number of morpholine rings is 1. The number of hydrogen-bond acceptors (Lipinski definition) is 3. The van der Waals surface area contributed by atoms with Crippen LogP contribution in [0, 0.1) is 0 Å². The van der Waals surface area contributed by atoms with Crippen LogP contribution in [-0.4, -0.2) is 38.5 Å². The Bertz CT molecular complexity index is 518. The van der Waals surface area contributed by atoms with Gasteiger partial charge in [0, 0.05) is 18.1 Å². The monoisotopic (exact) mass is 289 g/mol. The summed E-state index contributed by atoms with van der Waals surface area (Å²) in [7, 11) is -3.32. The third-order valence-corrected chi connectivity index (χ3v) is 5.06. The van der Waals surface area contributed by atoms with E-state index < -0.39 is 10.0 Å². The smallest absolute Gasteiger partial charge is 0.218 e. The molecule has 0 N–H and O–H groups in total. The molecule has 2 rings (SSSR count). The molecule has 1 aliphatic rings. The van der Waals surface area contributed by atoms with Crippen LogP contribution in [0.3, 0.4) is 0 Å². The van der Waals surface area contributed by atoms with E-state index in [-0.39, 0.29) is 11.9 Å². The summed E-state index contributed by atoms with van der Waals surface area (Å²) in [5.41, 5.74) is 0.637. The topological polar surface area (TPSA) is 46.6 Å². The van der Waals surface area contributed by atoms with Gasteiger partial charge in [-0.3, -0.25) is 0 Å². The molecule has 4 nitrogen and oxygen atoms in total. The number of ether oxygens (including phenoxy) is 1. The maximum absolute atomic E-state index is 12.3. The average Bonchev–Trinajstić information content (AvgIpc) is 2.32. The van der Waals surface area contributed by atoms with Gasteiger partial charge in [-0.05, 0) is 18.6 Å². The molecule has 100 valence electrons. The molecule has 0 aliphatic carbocycles. The molecule has 0 radical (unpaired) electrons. The zero-order valence-corrected chi connectivity index (χ0v) is 11.7. The van der Waals surface area contributed by atoms with Gasteiger partial charge < -0.3 is 4.74 Å². The third kappa shape index (κ3) is 3.23. The van der Waals surface area contributed by atoms with E-state index in [4.69, 9.17) is 16.3 Å². The molecule has 0 spiro atoms. The summed E-state index contributed by atoms with van der Waals surface area (Å²) in [5, 5.41) is 0.488. The summed E-state index contributed by atoms with van der Waals surface area (Å²) in [5.74, 6) is -0.0562. The van der Waals surface area contributed by atoms with Crippen LogP contribution in [-0.2, 0) is 20.5 Å². The molecule has 18 heavy (non-hydrogen) atoms. The van der Waals surface area contributed by atoms with E-state index >= 15 is 0 Å². The van der Waals surface area contributed by atoms with Crippen LogP contribution in [0.15, 0.2) is 24.3 Å². The lowest BCUT2D eigenvalue weighted by molar-refractivity contribution is 0.0101. The standard InChI is InChI=1S/C12H16ClNO3S/c1-10-8-14(6-7-17-10)18(15,16)9-11-4-2-3-5-12(11)13/h2-5,10H,6-9H2,1H3. The van der Waals surface area contributed by atoms with E-state index in [0.717, 1.165) is 0 Å². The molecular weight excluding hydrogens is 274 g/mol. The largest absolute Gasteiger partial charge is 0.376 e. The van der Waals surface area contributed by atoms with Crippen LogP contribution >= 0.6 is 11.6 Å². The van der Waals surface area contributed by atoms with Gasteiger partial charge >= 0.3 is 0 Å². The Kier molecular flexibility index (Phi) is 4.27. The van der Waals surface area contributed by atoms with Crippen LogP contribution in [0.25, 0.3) is 0 Å². The van der Waals surface area contributed by atoms with Gasteiger partial charge in [-0.2, -0.15) is 4.31 Å². The third-order valence-electron chi connectivity index (χ3n) is 2.89. The fraction of sp³-hybridized carbons (Fsp3) is 0.500. The highest BCUT2D eigenvalue weighted by molar-refractivity contribution is 7.88. The van der Waals surface area contributed by atoms with Crippen molar-refractivity contribution in [3.8, 4) is 0 Å². The quantitative estimate of drug-likeness (QED) is 0.854. The molecule has 1 aromatic carbocycles. The van der Waals surface area contributed by atoms with Crippen LogP contribution < -0.4 is 0 Å². The molecule has 1 atom stereocenters. The first-order valence-corrected chi connectivity index (χ1v) is 7.80. The highest BCUT2D eigenvalue weighted by Gasteiger charge is 2.28. The molecule has 0 bridgehead atoms. The van der Waals surface area contributed by atoms with Gasteiger partial charge in [0.05, 0.1) is 18.5 Å². The van der Waals surface area contributed by atoms with Crippen LogP contribution in [0.2, 0.25) is 5.02 Å². The molecule has 1 fully saturated rings. The maximum Gasteiger partial charge on any atom is 0.218 e. The second-order valence-corrected chi connectivity index (χ2v) is 6.76. The molecule has 1 aromatic rings. The van der Waals surface area contributed by atoms with Crippen molar-refractivity contribution in [2.75, 3.05) is 19.7 Å². The zero-order chi connectivity index (χ0) is 13.2. The number of sulfonamides is 1. The zero-order valence-electron chi connectivity index (χ0n) is 10.2. The van der Waals surface area contributed by atoms with Crippen LogP contribution in [0.4, 0.5) is 0 Å². The van der Waals surface area contributed by atoms with Gasteiger partial charge in [0.1, 0.15) is 0 Å². The minimum Gasteiger partial charge on any atom is -0.376 e. The fourth-order valence-electron chi connectivity index (χ4n) is 1.94. The fourth-order valence-corrected chi connectivity index (χ4v) is 3.84. The van der Waals surface area contributed by atoms with Crippen LogP contribution in [0.1, 0.15) is 12.5 Å². The van der Waals surface area contributed by atoms with Crippen LogP contribution in [0.5, 0.6) is 0 Å². The summed E-state index contributed by atoms with van der Waals surface area (Å²) >= 11 is 5.99. The van der Waals surface area contributed by atoms with E-state index in [0.29, 0.717) is 30.3 Å². The molecule has 1 unspecified atom stereocenters. The summed E-state index contributed by atoms with van der Waals surface area (Å²) in [4.78, 5) is 0. The SMILES string of the molecule is CC1CN(S(=O)(=O)Cc2ccccc2Cl)CCO1. The second-order valence-electron chi connectivity index (χ2n) is 4.39. The Morgan fingerprint density at radius 1 is 1.44 bits per heavy atom. The Morgan fingerprint density at radius 3 is 2.83 bits per heavy atom. The van der Waals surface area contributed by atoms with Crippen molar-refractivity contribution in [3.05, 3.63) is 34.9 Å². The van der Waals surface area contributed by atoms with Crippen molar-refractivity contribution in [1.29, 1.82) is 0 Å². The van der Waals surface area contributed by atoms with E-state index in [1.807, 2.05) is 6.92 Å². The van der Waals surface area contributed by atoms with Crippen molar-refractivity contribution in [2.45, 2.75) is 18.8 Å². The number of rotatable bonds is 3. The van der Waals surface area contributed by atoms with Gasteiger partial charge in [0.2, 0.25) is 10.0 Å². The molecule has 1 saturated heterocycles. The van der Waals surface area contributed by atoms with Crippen molar-refractivity contribution >= 4 is 21.6 Å². The van der Waals surface area contributed by atoms with Gasteiger partial charge in [-0.15, -0.1) is 0 Å². The van der Waals surface area contributed by atoms with Crippen molar-refractivity contribution in [3.63, 3.8) is 0 Å². The van der Waals surface area contributed by atoms with E-state index in [1.165, 1.54) is 4.31 Å². The summed E-state index contributed by atoms with van der Waals surface area (Å²) in [6, 6.07) is 7.02. The van der Waals surface area contributed by atoms with E-state index in [1.54, 1.807) is 24.3 Å². The minimum absolute atomic E-state index is 0.0558. The highest BCUT2D eigenvalue weighted by Crippen LogP contribution is 2.20.